The lowest BCUT2D eigenvalue weighted by atomic mass is 10.2. The van der Waals surface area contributed by atoms with Crippen molar-refractivity contribution < 1.29 is 19.1 Å². The van der Waals surface area contributed by atoms with E-state index in [1.807, 2.05) is 49.6 Å². The number of nitrogens with one attached hydrogen (secondary N) is 1. The van der Waals surface area contributed by atoms with E-state index in [4.69, 9.17) is 21.1 Å². The second kappa shape index (κ2) is 8.36. The van der Waals surface area contributed by atoms with Gasteiger partial charge < -0.3 is 19.4 Å². The highest BCUT2D eigenvalue weighted by Gasteiger charge is 2.16. The van der Waals surface area contributed by atoms with Crippen LogP contribution in [0.15, 0.2) is 24.3 Å². The number of carbonyl (C=O) groups excluding carboxylic acids is 2. The van der Waals surface area contributed by atoms with Crippen LogP contribution in [0.25, 0.3) is 10.9 Å². The number of aldehydes is 1. The van der Waals surface area contributed by atoms with Crippen LogP contribution in [0.1, 0.15) is 31.1 Å². The molecule has 25 heavy (non-hydrogen) atoms. The first-order valence-electron chi connectivity index (χ1n) is 8.10. The van der Waals surface area contributed by atoms with Crippen molar-refractivity contribution in [1.82, 2.24) is 9.88 Å². The Morgan fingerprint density at radius 1 is 1.28 bits per heavy atom. The van der Waals surface area contributed by atoms with Crippen molar-refractivity contribution in [3.05, 3.63) is 35.0 Å². The number of rotatable bonds is 7. The second-order valence-corrected chi connectivity index (χ2v) is 6.89. The molecule has 1 aromatic carbocycles. The largest absolute Gasteiger partial charge is 0.444 e. The molecule has 0 aliphatic heterocycles. The van der Waals surface area contributed by atoms with Gasteiger partial charge in [0, 0.05) is 24.0 Å². The fourth-order valence-electron chi connectivity index (χ4n) is 2.43. The lowest BCUT2D eigenvalue weighted by Crippen LogP contribution is -2.34. The van der Waals surface area contributed by atoms with Crippen molar-refractivity contribution in [2.45, 2.75) is 32.9 Å². The molecule has 0 radical (unpaired) electrons. The highest BCUT2D eigenvalue weighted by atomic mass is 35.5. The Kier molecular flexibility index (Phi) is 6.45. The van der Waals surface area contributed by atoms with E-state index in [9.17, 15) is 9.59 Å². The lowest BCUT2D eigenvalue weighted by Gasteiger charge is -2.19. The topological polar surface area (TPSA) is 69.6 Å². The van der Waals surface area contributed by atoms with Crippen LogP contribution in [0.4, 0.5) is 4.79 Å². The summed E-state index contributed by atoms with van der Waals surface area (Å²) in [5.74, 6) is 0. The zero-order chi connectivity index (χ0) is 18.4. The Morgan fingerprint density at radius 2 is 2.00 bits per heavy atom. The molecule has 0 fully saturated rings. The molecule has 1 N–H and O–H groups in total. The summed E-state index contributed by atoms with van der Waals surface area (Å²) in [6.07, 6.45) is 0.304. The number of benzene rings is 1. The Morgan fingerprint density at radius 3 is 2.68 bits per heavy atom. The smallest absolute Gasteiger partial charge is 0.407 e. The minimum absolute atomic E-state index is 0.356. The van der Waals surface area contributed by atoms with E-state index in [1.165, 1.54) is 0 Å². The van der Waals surface area contributed by atoms with Gasteiger partial charge in [-0.15, -0.1) is 0 Å². The van der Waals surface area contributed by atoms with Crippen molar-refractivity contribution in [2.24, 2.45) is 0 Å². The van der Waals surface area contributed by atoms with Gasteiger partial charge in [-0.05, 0) is 26.8 Å². The van der Waals surface area contributed by atoms with Gasteiger partial charge in [-0.25, -0.2) is 4.79 Å². The molecule has 0 bridgehead atoms. The van der Waals surface area contributed by atoms with E-state index in [2.05, 4.69) is 5.32 Å². The molecule has 0 aliphatic carbocycles. The molecule has 0 aliphatic rings. The molecule has 6 nitrogen and oxygen atoms in total. The van der Waals surface area contributed by atoms with Crippen LogP contribution >= 0.6 is 11.6 Å². The van der Waals surface area contributed by atoms with Gasteiger partial charge in [0.05, 0.1) is 18.8 Å². The third-order valence-electron chi connectivity index (χ3n) is 3.44. The average Bonchev–Trinajstić information content (AvgIpc) is 2.80. The first kappa shape index (κ1) is 19.3. The van der Waals surface area contributed by atoms with E-state index < -0.39 is 11.7 Å². The van der Waals surface area contributed by atoms with E-state index in [0.717, 1.165) is 17.2 Å². The summed E-state index contributed by atoms with van der Waals surface area (Å²) in [5.41, 5.74) is 0.863. The summed E-state index contributed by atoms with van der Waals surface area (Å²) in [6, 6.07) is 7.55. The van der Waals surface area contributed by atoms with Gasteiger partial charge in [0.2, 0.25) is 0 Å². The molecule has 7 heteroatoms. The average molecular weight is 367 g/mol. The summed E-state index contributed by atoms with van der Waals surface area (Å²) in [4.78, 5) is 22.7. The maximum absolute atomic E-state index is 11.5. The first-order valence-corrected chi connectivity index (χ1v) is 8.48. The molecular weight excluding hydrogens is 344 g/mol. The van der Waals surface area contributed by atoms with E-state index >= 15 is 0 Å². The molecule has 1 heterocycles. The SMILES string of the molecule is CC(C)(C)OC(=O)NCCOCCn1c(Cl)c(C=O)c2ccccc21. The van der Waals surface area contributed by atoms with Crippen LogP contribution < -0.4 is 5.32 Å². The molecule has 0 spiro atoms. The van der Waals surface area contributed by atoms with E-state index in [1.54, 1.807) is 0 Å². The highest BCUT2D eigenvalue weighted by Crippen LogP contribution is 2.28. The summed E-state index contributed by atoms with van der Waals surface area (Å²) < 4.78 is 12.5. The highest BCUT2D eigenvalue weighted by molar-refractivity contribution is 6.34. The maximum Gasteiger partial charge on any atom is 0.407 e. The van der Waals surface area contributed by atoms with Gasteiger partial charge in [-0.3, -0.25) is 4.79 Å². The summed E-state index contributed by atoms with van der Waals surface area (Å²) in [5, 5.41) is 3.86. The van der Waals surface area contributed by atoms with Crippen molar-refractivity contribution in [2.75, 3.05) is 19.8 Å². The number of alkyl carbamates (subject to hydrolysis) is 1. The van der Waals surface area contributed by atoms with Gasteiger partial charge in [-0.2, -0.15) is 0 Å². The molecule has 136 valence electrons. The van der Waals surface area contributed by atoms with Gasteiger partial charge in [-0.1, -0.05) is 29.8 Å². The van der Waals surface area contributed by atoms with E-state index in [0.29, 0.717) is 37.0 Å². The van der Waals surface area contributed by atoms with Gasteiger partial charge in [0.1, 0.15) is 10.8 Å². The first-order chi connectivity index (χ1) is 11.8. The number of aromatic nitrogens is 1. The standard InChI is InChI=1S/C18H23ClN2O4/c1-18(2,3)25-17(23)20-8-10-24-11-9-21-15-7-5-4-6-13(15)14(12-22)16(21)19/h4-7,12H,8-11H2,1-3H3,(H,20,23). The zero-order valence-corrected chi connectivity index (χ0v) is 15.4. The van der Waals surface area contributed by atoms with Crippen LogP contribution in [0.5, 0.6) is 0 Å². The van der Waals surface area contributed by atoms with Crippen molar-refractivity contribution in [3.8, 4) is 0 Å². The minimum Gasteiger partial charge on any atom is -0.444 e. The predicted octanol–water partition coefficient (Wildman–Crippen LogP) is 3.65. The van der Waals surface area contributed by atoms with Gasteiger partial charge in [0.25, 0.3) is 0 Å². The number of carbonyl (C=O) groups is 2. The van der Waals surface area contributed by atoms with Crippen molar-refractivity contribution in [3.63, 3.8) is 0 Å². The normalized spacial score (nSPS) is 11.5. The number of hydrogen-bond acceptors (Lipinski definition) is 4. The quantitative estimate of drug-likeness (QED) is 0.600. The molecule has 2 aromatic rings. The fourth-order valence-corrected chi connectivity index (χ4v) is 2.75. The van der Waals surface area contributed by atoms with Crippen LogP contribution in [0.3, 0.4) is 0 Å². The number of ether oxygens (including phenoxy) is 2. The number of fused-ring (bicyclic) bond motifs is 1. The monoisotopic (exact) mass is 366 g/mol. The fraction of sp³-hybridized carbons (Fsp3) is 0.444. The molecule has 1 amide bonds. The lowest BCUT2D eigenvalue weighted by molar-refractivity contribution is 0.0497. The van der Waals surface area contributed by atoms with Gasteiger partial charge in [0.15, 0.2) is 6.29 Å². The third kappa shape index (κ3) is 5.21. The van der Waals surface area contributed by atoms with Crippen molar-refractivity contribution in [1.29, 1.82) is 0 Å². The third-order valence-corrected chi connectivity index (χ3v) is 3.84. The molecule has 0 atom stereocenters. The number of nitrogens with zero attached hydrogens (tertiary/aromatic N) is 1. The predicted molar refractivity (Wildman–Crippen MR) is 97.4 cm³/mol. The minimum atomic E-state index is -0.520. The Balaban J connectivity index is 1.81. The van der Waals surface area contributed by atoms with Crippen LogP contribution in [0, 0.1) is 0 Å². The number of amides is 1. The second-order valence-electron chi connectivity index (χ2n) is 6.53. The molecule has 0 unspecified atom stereocenters. The maximum atomic E-state index is 11.5. The molecule has 2 rings (SSSR count). The summed E-state index contributed by atoms with van der Waals surface area (Å²) in [7, 11) is 0. The Bertz CT molecular complexity index is 749. The van der Waals surface area contributed by atoms with Gasteiger partial charge >= 0.3 is 6.09 Å². The number of halogens is 1. The summed E-state index contributed by atoms with van der Waals surface area (Å²) in [6.45, 7) is 7.06. The zero-order valence-electron chi connectivity index (χ0n) is 14.7. The van der Waals surface area contributed by atoms with Crippen LogP contribution in [0.2, 0.25) is 5.15 Å². The van der Waals surface area contributed by atoms with Crippen LogP contribution in [-0.4, -0.2) is 42.3 Å². The number of hydrogen-bond donors (Lipinski definition) is 1. The molecule has 1 aromatic heterocycles. The number of para-hydroxylation sites is 1. The Labute approximate surface area is 152 Å². The molecular formula is C18H23ClN2O4. The Hall–Kier alpha value is -2.05. The summed E-state index contributed by atoms with van der Waals surface area (Å²) >= 11 is 6.30. The van der Waals surface area contributed by atoms with Crippen molar-refractivity contribution >= 4 is 34.9 Å². The van der Waals surface area contributed by atoms with E-state index in [-0.39, 0.29) is 0 Å². The molecule has 0 saturated carbocycles. The molecule has 0 saturated heterocycles. The van der Waals surface area contributed by atoms with Crippen LogP contribution in [-0.2, 0) is 16.0 Å².